The van der Waals surface area contributed by atoms with Crippen molar-refractivity contribution >= 4 is 11.5 Å². The Morgan fingerprint density at radius 3 is 2.74 bits per heavy atom. The lowest BCUT2D eigenvalue weighted by atomic mass is 9.84. The van der Waals surface area contributed by atoms with E-state index in [1.165, 1.54) is 30.3 Å². The fraction of sp³-hybridized carbons (Fsp3) is 0.500. The first-order valence-electron chi connectivity index (χ1n) is 11.9. The maximum absolute atomic E-state index is 14.3. The van der Waals surface area contributed by atoms with Crippen LogP contribution in [0.4, 0.5) is 13.2 Å². The summed E-state index contributed by atoms with van der Waals surface area (Å²) in [5.74, 6) is 0.142. The Kier molecular flexibility index (Phi) is 7.44. The third-order valence-corrected chi connectivity index (χ3v) is 6.67. The Bertz CT molecular complexity index is 1120. The Hall–Kier alpha value is -2.94. The van der Waals surface area contributed by atoms with Gasteiger partial charge in [-0.25, -0.2) is 14.8 Å². The van der Waals surface area contributed by atoms with E-state index >= 15 is 0 Å². The van der Waals surface area contributed by atoms with E-state index in [0.29, 0.717) is 18.0 Å². The van der Waals surface area contributed by atoms with E-state index in [1.54, 1.807) is 13.0 Å². The Labute approximate surface area is 203 Å². The third-order valence-electron chi connectivity index (χ3n) is 6.67. The standard InChI is InChI=1S/C26H30F3N3O3/c1-4-35-25(33)21-14-20(17-7-5-16(2)6-8-17)19-10-12-32(15-22(19)31-21)24(26(27,28)29)18-9-11-30-23(13-18)34-3/h7,9,11,13-14,16,24H,4-6,8,10,12,15H2,1-3H3. The molecule has 1 aliphatic carbocycles. The van der Waals surface area contributed by atoms with Crippen molar-refractivity contribution in [1.82, 2.24) is 14.9 Å². The molecule has 6 nitrogen and oxygen atoms in total. The number of alkyl halides is 3. The van der Waals surface area contributed by atoms with Gasteiger partial charge in [0.05, 0.1) is 19.4 Å². The number of carbonyl (C=O) groups excluding carboxylic acids is 1. The molecule has 4 rings (SSSR count). The highest BCUT2D eigenvalue weighted by Gasteiger charge is 2.46. The molecule has 2 aromatic heterocycles. The zero-order chi connectivity index (χ0) is 25.2. The number of halogens is 3. The molecule has 9 heteroatoms. The van der Waals surface area contributed by atoms with E-state index < -0.39 is 18.2 Å². The third kappa shape index (κ3) is 5.50. The zero-order valence-electron chi connectivity index (χ0n) is 20.2. The topological polar surface area (TPSA) is 64.5 Å². The number of hydrogen-bond acceptors (Lipinski definition) is 6. The second kappa shape index (κ2) is 10.4. The van der Waals surface area contributed by atoms with Crippen molar-refractivity contribution in [3.05, 3.63) is 58.6 Å². The molecule has 1 aliphatic heterocycles. The average molecular weight is 490 g/mol. The van der Waals surface area contributed by atoms with E-state index in [9.17, 15) is 18.0 Å². The lowest BCUT2D eigenvalue weighted by molar-refractivity contribution is -0.189. The molecular weight excluding hydrogens is 459 g/mol. The number of rotatable bonds is 6. The molecule has 0 amide bonds. The minimum atomic E-state index is -4.52. The number of aromatic nitrogens is 2. The Morgan fingerprint density at radius 1 is 1.29 bits per heavy atom. The van der Waals surface area contributed by atoms with Crippen LogP contribution in [0, 0.1) is 5.92 Å². The van der Waals surface area contributed by atoms with Crippen molar-refractivity contribution in [2.75, 3.05) is 20.3 Å². The minimum Gasteiger partial charge on any atom is -0.481 e. The van der Waals surface area contributed by atoms with Crippen LogP contribution in [0.2, 0.25) is 0 Å². The van der Waals surface area contributed by atoms with Crippen molar-refractivity contribution in [3.8, 4) is 5.88 Å². The lowest BCUT2D eigenvalue weighted by Crippen LogP contribution is -2.42. The van der Waals surface area contributed by atoms with Crippen LogP contribution in [0.25, 0.3) is 5.57 Å². The van der Waals surface area contributed by atoms with Crippen molar-refractivity contribution < 1.29 is 27.4 Å². The predicted octanol–water partition coefficient (Wildman–Crippen LogP) is 5.53. The summed E-state index contributed by atoms with van der Waals surface area (Å²) in [5, 5.41) is 0. The summed E-state index contributed by atoms with van der Waals surface area (Å²) in [4.78, 5) is 22.4. The molecule has 0 saturated heterocycles. The number of fused-ring (bicyclic) bond motifs is 1. The SMILES string of the molecule is CCOC(=O)c1cc(C2=CCC(C)CC2)c2c(n1)CN(C(c1ccnc(OC)c1)C(F)(F)F)CC2. The number of allylic oxidation sites excluding steroid dienone is 2. The number of nitrogens with zero attached hydrogens (tertiary/aromatic N) is 3. The van der Waals surface area contributed by atoms with Crippen LogP contribution in [0.5, 0.6) is 5.88 Å². The highest BCUT2D eigenvalue weighted by Crippen LogP contribution is 2.42. The molecule has 2 atom stereocenters. The molecule has 2 aliphatic rings. The summed E-state index contributed by atoms with van der Waals surface area (Å²) in [7, 11) is 1.37. The smallest absolute Gasteiger partial charge is 0.408 e. The molecule has 0 spiro atoms. The summed E-state index contributed by atoms with van der Waals surface area (Å²) < 4.78 is 53.1. The van der Waals surface area contributed by atoms with Gasteiger partial charge >= 0.3 is 12.1 Å². The van der Waals surface area contributed by atoms with Crippen LogP contribution in [0.1, 0.15) is 72.0 Å². The van der Waals surface area contributed by atoms with E-state index in [-0.39, 0.29) is 36.8 Å². The summed E-state index contributed by atoms with van der Waals surface area (Å²) in [6.07, 6.45) is 2.22. The monoisotopic (exact) mass is 489 g/mol. The van der Waals surface area contributed by atoms with Gasteiger partial charge in [-0.1, -0.05) is 13.0 Å². The molecule has 0 aromatic carbocycles. The fourth-order valence-electron chi connectivity index (χ4n) is 4.90. The van der Waals surface area contributed by atoms with Gasteiger partial charge in [-0.05, 0) is 72.9 Å². The van der Waals surface area contributed by atoms with Crippen LogP contribution in [-0.4, -0.2) is 47.3 Å². The predicted molar refractivity (Wildman–Crippen MR) is 125 cm³/mol. The number of carbonyl (C=O) groups is 1. The zero-order valence-corrected chi connectivity index (χ0v) is 20.2. The van der Waals surface area contributed by atoms with E-state index in [2.05, 4.69) is 23.0 Å². The summed E-state index contributed by atoms with van der Waals surface area (Å²) in [6.45, 7) is 4.27. The van der Waals surface area contributed by atoms with Crippen molar-refractivity contribution in [2.24, 2.45) is 5.92 Å². The summed E-state index contributed by atoms with van der Waals surface area (Å²) in [5.41, 5.74) is 3.65. The first kappa shape index (κ1) is 25.2. The van der Waals surface area contributed by atoms with Gasteiger partial charge in [0.25, 0.3) is 0 Å². The Balaban J connectivity index is 1.75. The Morgan fingerprint density at radius 2 is 2.09 bits per heavy atom. The molecule has 188 valence electrons. The first-order chi connectivity index (χ1) is 16.7. The highest BCUT2D eigenvalue weighted by atomic mass is 19.4. The fourth-order valence-corrected chi connectivity index (χ4v) is 4.90. The van der Waals surface area contributed by atoms with Gasteiger partial charge in [0, 0.05) is 25.4 Å². The molecule has 3 heterocycles. The number of ether oxygens (including phenoxy) is 2. The average Bonchev–Trinajstić information content (AvgIpc) is 2.83. The number of esters is 1. The van der Waals surface area contributed by atoms with Gasteiger partial charge in [0.1, 0.15) is 11.7 Å². The van der Waals surface area contributed by atoms with Crippen LogP contribution in [0.15, 0.2) is 30.5 Å². The van der Waals surface area contributed by atoms with Crippen molar-refractivity contribution in [1.29, 1.82) is 0 Å². The van der Waals surface area contributed by atoms with Crippen LogP contribution < -0.4 is 4.74 Å². The molecule has 2 unspecified atom stereocenters. The molecule has 0 saturated carbocycles. The summed E-state index contributed by atoms with van der Waals surface area (Å²) >= 11 is 0. The van der Waals surface area contributed by atoms with E-state index in [4.69, 9.17) is 9.47 Å². The number of pyridine rings is 2. The molecule has 35 heavy (non-hydrogen) atoms. The normalized spacial score (nSPS) is 19.5. The van der Waals surface area contributed by atoms with E-state index in [1.807, 2.05) is 0 Å². The van der Waals surface area contributed by atoms with Gasteiger partial charge in [0.2, 0.25) is 5.88 Å². The maximum Gasteiger partial charge on any atom is 0.408 e. The quantitative estimate of drug-likeness (QED) is 0.498. The molecule has 0 N–H and O–H groups in total. The second-order valence-electron chi connectivity index (χ2n) is 9.11. The van der Waals surface area contributed by atoms with Gasteiger partial charge in [-0.2, -0.15) is 13.2 Å². The first-order valence-corrected chi connectivity index (χ1v) is 11.9. The molecule has 0 bridgehead atoms. The molecule has 0 radical (unpaired) electrons. The van der Waals surface area contributed by atoms with Gasteiger partial charge < -0.3 is 9.47 Å². The maximum atomic E-state index is 14.3. The largest absolute Gasteiger partial charge is 0.481 e. The van der Waals surface area contributed by atoms with Gasteiger partial charge in [-0.3, -0.25) is 4.90 Å². The van der Waals surface area contributed by atoms with E-state index in [0.717, 1.165) is 36.0 Å². The minimum absolute atomic E-state index is 0.0337. The highest BCUT2D eigenvalue weighted by molar-refractivity contribution is 5.89. The second-order valence-corrected chi connectivity index (χ2v) is 9.11. The number of methoxy groups -OCH3 is 1. The number of hydrogen-bond donors (Lipinski definition) is 0. The summed E-state index contributed by atoms with van der Waals surface area (Å²) in [6, 6.07) is 2.58. The van der Waals surface area contributed by atoms with Crippen LogP contribution in [0.3, 0.4) is 0 Å². The van der Waals surface area contributed by atoms with Gasteiger partial charge in [-0.15, -0.1) is 0 Å². The van der Waals surface area contributed by atoms with Crippen molar-refractivity contribution in [3.63, 3.8) is 0 Å². The van der Waals surface area contributed by atoms with Gasteiger partial charge in [0.15, 0.2) is 0 Å². The molecule has 0 fully saturated rings. The molecule has 2 aromatic rings. The van der Waals surface area contributed by atoms with Crippen LogP contribution in [-0.2, 0) is 17.7 Å². The lowest BCUT2D eigenvalue weighted by Gasteiger charge is -2.37. The van der Waals surface area contributed by atoms with Crippen LogP contribution >= 0.6 is 0 Å². The molecular formula is C26H30F3N3O3. The van der Waals surface area contributed by atoms with Crippen molar-refractivity contribution in [2.45, 2.75) is 58.3 Å².